The molecule has 0 fully saturated rings. The highest BCUT2D eigenvalue weighted by Crippen LogP contribution is 2.32. The number of aliphatic hydroxyl groups is 1. The molecule has 148 valence electrons. The van der Waals surface area contributed by atoms with Gasteiger partial charge in [-0.1, -0.05) is 26.0 Å². The van der Waals surface area contributed by atoms with E-state index < -0.39 is 34.1 Å². The van der Waals surface area contributed by atoms with Crippen molar-refractivity contribution >= 4 is 15.9 Å². The fraction of sp³-hybridized carbons (Fsp3) is 0.562. The first-order valence-corrected chi connectivity index (χ1v) is 9.44. The summed E-state index contributed by atoms with van der Waals surface area (Å²) in [5, 5.41) is 11.6. The Hall–Kier alpha value is -1.65. The summed E-state index contributed by atoms with van der Waals surface area (Å²) in [4.78, 5) is 11.7. The second-order valence-electron chi connectivity index (χ2n) is 5.96. The molecule has 2 N–H and O–H groups in total. The highest BCUT2D eigenvalue weighted by atomic mass is 32.2. The van der Waals surface area contributed by atoms with Gasteiger partial charge in [-0.15, -0.1) is 0 Å². The number of hydrogen-bond donors (Lipinski definition) is 2. The third-order valence-corrected chi connectivity index (χ3v) is 5.94. The molecule has 0 unspecified atom stereocenters. The van der Waals surface area contributed by atoms with E-state index in [1.165, 1.54) is 28.6 Å². The molecule has 26 heavy (non-hydrogen) atoms. The zero-order valence-corrected chi connectivity index (χ0v) is 15.6. The number of carbonyl (C=O) groups is 1. The van der Waals surface area contributed by atoms with Crippen LogP contribution in [0.25, 0.3) is 0 Å². The first-order valence-electron chi connectivity index (χ1n) is 8.00. The summed E-state index contributed by atoms with van der Waals surface area (Å²) in [7, 11) is -3.60. The fourth-order valence-corrected chi connectivity index (χ4v) is 3.63. The van der Waals surface area contributed by atoms with Gasteiger partial charge in [-0.3, -0.25) is 4.79 Å². The molecule has 6 nitrogen and oxygen atoms in total. The van der Waals surface area contributed by atoms with E-state index in [4.69, 9.17) is 0 Å². The summed E-state index contributed by atoms with van der Waals surface area (Å²) >= 11 is 0. The van der Waals surface area contributed by atoms with Crippen LogP contribution in [0.1, 0.15) is 32.8 Å². The molecule has 0 aliphatic rings. The molecule has 0 radical (unpaired) electrons. The number of amides is 1. The second-order valence-corrected chi connectivity index (χ2v) is 7.90. The maximum atomic E-state index is 12.5. The molecule has 0 aliphatic heterocycles. The van der Waals surface area contributed by atoms with Gasteiger partial charge in [0.25, 0.3) is 0 Å². The average molecular weight is 396 g/mol. The summed E-state index contributed by atoms with van der Waals surface area (Å²) < 4.78 is 63.6. The van der Waals surface area contributed by atoms with Gasteiger partial charge in [0.1, 0.15) is 0 Å². The van der Waals surface area contributed by atoms with Gasteiger partial charge in [-0.2, -0.15) is 17.5 Å². The SMILES string of the molecule is CCN(CC)S(=O)(=O)c1ccc(CNC(=O)C[C@](C)(O)C(F)(F)F)cc1. The number of nitrogens with one attached hydrogen (secondary N) is 1. The number of rotatable bonds is 8. The van der Waals surface area contributed by atoms with Crippen LogP contribution >= 0.6 is 0 Å². The van der Waals surface area contributed by atoms with Gasteiger partial charge >= 0.3 is 6.18 Å². The van der Waals surface area contributed by atoms with Crippen molar-refractivity contribution in [3.63, 3.8) is 0 Å². The van der Waals surface area contributed by atoms with Crippen molar-refractivity contribution in [1.82, 2.24) is 9.62 Å². The smallest absolute Gasteiger partial charge is 0.380 e. The van der Waals surface area contributed by atoms with Crippen LogP contribution in [0.2, 0.25) is 0 Å². The molecular weight excluding hydrogens is 373 g/mol. The molecule has 1 rings (SSSR count). The molecule has 1 aromatic rings. The van der Waals surface area contributed by atoms with Crippen molar-refractivity contribution in [2.75, 3.05) is 13.1 Å². The molecule has 0 saturated carbocycles. The molecule has 0 aliphatic carbocycles. The van der Waals surface area contributed by atoms with E-state index in [9.17, 15) is 31.5 Å². The van der Waals surface area contributed by atoms with Crippen LogP contribution in [0, 0.1) is 0 Å². The van der Waals surface area contributed by atoms with Crippen LogP contribution in [-0.4, -0.2) is 48.6 Å². The maximum Gasteiger partial charge on any atom is 0.417 e. The Kier molecular flexibility index (Phi) is 7.20. The minimum absolute atomic E-state index is 0.0850. The topological polar surface area (TPSA) is 86.7 Å². The van der Waals surface area contributed by atoms with Gasteiger partial charge in [0.2, 0.25) is 15.9 Å². The third kappa shape index (κ3) is 5.42. The fourth-order valence-electron chi connectivity index (χ4n) is 2.17. The van der Waals surface area contributed by atoms with E-state index in [0.29, 0.717) is 25.6 Å². The Labute approximate surface area is 151 Å². The number of sulfonamides is 1. The largest absolute Gasteiger partial charge is 0.417 e. The standard InChI is InChI=1S/C16H23F3N2O4S/c1-4-21(5-2)26(24,25)13-8-6-12(7-9-13)11-20-14(22)10-15(3,23)16(17,18)19/h6-9,23H,4-5,10-11H2,1-3H3,(H,20,22)/t15-/m0/s1. The Morgan fingerprint density at radius 3 is 2.08 bits per heavy atom. The number of hydrogen-bond acceptors (Lipinski definition) is 4. The van der Waals surface area contributed by atoms with Crippen molar-refractivity contribution in [3.05, 3.63) is 29.8 Å². The van der Waals surface area contributed by atoms with E-state index >= 15 is 0 Å². The quantitative estimate of drug-likeness (QED) is 0.704. The Morgan fingerprint density at radius 1 is 1.15 bits per heavy atom. The number of carbonyl (C=O) groups excluding carboxylic acids is 1. The summed E-state index contributed by atoms with van der Waals surface area (Å²) in [6.07, 6.45) is -6.03. The molecule has 1 aromatic carbocycles. The normalized spacial score (nSPS) is 14.9. The summed E-state index contributed by atoms with van der Waals surface area (Å²) in [6, 6.07) is 5.69. The van der Waals surface area contributed by atoms with Gasteiger partial charge < -0.3 is 10.4 Å². The van der Waals surface area contributed by atoms with E-state index in [2.05, 4.69) is 5.32 Å². The first kappa shape index (κ1) is 22.4. The molecule has 0 bridgehead atoms. The van der Waals surface area contributed by atoms with E-state index in [1.807, 2.05) is 0 Å². The maximum absolute atomic E-state index is 12.5. The number of halogens is 3. The molecule has 1 atom stereocenters. The predicted octanol–water partition coefficient (Wildman–Crippen LogP) is 2.04. The molecule has 10 heteroatoms. The monoisotopic (exact) mass is 396 g/mol. The summed E-state index contributed by atoms with van der Waals surface area (Å²) in [5.41, 5.74) is -2.60. The third-order valence-electron chi connectivity index (χ3n) is 3.87. The van der Waals surface area contributed by atoms with Crippen LogP contribution in [0.15, 0.2) is 29.2 Å². The molecule has 0 aromatic heterocycles. The van der Waals surface area contributed by atoms with Crippen LogP contribution in [-0.2, 0) is 21.4 Å². The van der Waals surface area contributed by atoms with Crippen LogP contribution in [0.5, 0.6) is 0 Å². The van der Waals surface area contributed by atoms with Crippen molar-refractivity contribution < 1.29 is 31.5 Å². The second kappa shape index (κ2) is 8.36. The van der Waals surface area contributed by atoms with Gasteiger partial charge in [-0.25, -0.2) is 8.42 Å². The molecule has 1 amide bonds. The zero-order valence-electron chi connectivity index (χ0n) is 14.8. The van der Waals surface area contributed by atoms with Crippen LogP contribution in [0.3, 0.4) is 0 Å². The van der Waals surface area contributed by atoms with E-state index in [0.717, 1.165) is 0 Å². The summed E-state index contributed by atoms with van der Waals surface area (Å²) in [6.45, 7) is 4.55. The van der Waals surface area contributed by atoms with Crippen molar-refractivity contribution in [2.24, 2.45) is 0 Å². The Morgan fingerprint density at radius 2 is 1.65 bits per heavy atom. The minimum Gasteiger partial charge on any atom is -0.380 e. The lowest BCUT2D eigenvalue weighted by atomic mass is 10.0. The predicted molar refractivity (Wildman–Crippen MR) is 89.7 cm³/mol. The van der Waals surface area contributed by atoms with Crippen LogP contribution in [0.4, 0.5) is 13.2 Å². The Bertz CT molecular complexity index is 712. The van der Waals surface area contributed by atoms with Gasteiger partial charge in [0.05, 0.1) is 11.3 Å². The minimum atomic E-state index is -4.91. The lowest BCUT2D eigenvalue weighted by molar-refractivity contribution is -0.253. The molecule has 0 spiro atoms. The van der Waals surface area contributed by atoms with E-state index in [-0.39, 0.29) is 11.4 Å². The van der Waals surface area contributed by atoms with Crippen molar-refractivity contribution in [2.45, 2.75) is 50.4 Å². The first-order chi connectivity index (χ1) is 11.8. The molecule has 0 saturated heterocycles. The zero-order chi connectivity index (χ0) is 20.2. The number of benzene rings is 1. The lowest BCUT2D eigenvalue weighted by Crippen LogP contribution is -2.46. The summed E-state index contributed by atoms with van der Waals surface area (Å²) in [5.74, 6) is -0.966. The van der Waals surface area contributed by atoms with Gasteiger partial charge in [0.15, 0.2) is 5.60 Å². The van der Waals surface area contributed by atoms with Crippen molar-refractivity contribution in [1.29, 1.82) is 0 Å². The highest BCUT2D eigenvalue weighted by Gasteiger charge is 2.50. The van der Waals surface area contributed by atoms with E-state index in [1.54, 1.807) is 13.8 Å². The van der Waals surface area contributed by atoms with Crippen LogP contribution < -0.4 is 5.32 Å². The number of alkyl halides is 3. The van der Waals surface area contributed by atoms with Crippen molar-refractivity contribution in [3.8, 4) is 0 Å². The molecular formula is C16H23F3N2O4S. The average Bonchev–Trinajstić information content (AvgIpc) is 2.52. The van der Waals surface area contributed by atoms with Gasteiger partial charge in [0, 0.05) is 19.6 Å². The molecule has 0 heterocycles. The van der Waals surface area contributed by atoms with Gasteiger partial charge in [-0.05, 0) is 24.6 Å². The lowest BCUT2D eigenvalue weighted by Gasteiger charge is -2.25. The highest BCUT2D eigenvalue weighted by molar-refractivity contribution is 7.89. The number of nitrogens with zero attached hydrogens (tertiary/aromatic N) is 1. The Balaban J connectivity index is 2.73.